The van der Waals surface area contributed by atoms with Crippen LogP contribution >= 0.6 is 0 Å². The Kier molecular flexibility index (Phi) is 7.48. The van der Waals surface area contributed by atoms with Gasteiger partial charge < -0.3 is 4.74 Å². The first-order valence-electron chi connectivity index (χ1n) is 12.4. The second-order valence-electron chi connectivity index (χ2n) is 10.3. The van der Waals surface area contributed by atoms with Crippen LogP contribution in [0.15, 0.2) is 6.07 Å². The molecule has 5 heteroatoms. The monoisotopic (exact) mass is 440 g/mol. The Morgan fingerprint density at radius 3 is 2.03 bits per heavy atom. The molecule has 2 fully saturated rings. The molecule has 0 saturated heterocycles. The lowest BCUT2D eigenvalue weighted by Gasteiger charge is -2.41. The summed E-state index contributed by atoms with van der Waals surface area (Å²) in [6.07, 6.45) is 15.3. The average Bonchev–Trinajstić information content (AvgIpc) is 2.77. The summed E-state index contributed by atoms with van der Waals surface area (Å²) in [5.74, 6) is 0.888. The molecular formula is C26H36F4O. The molecule has 1 aromatic rings. The minimum Gasteiger partial charge on any atom is -0.429 e. The van der Waals surface area contributed by atoms with Gasteiger partial charge in [0.15, 0.2) is 17.4 Å². The van der Waals surface area contributed by atoms with E-state index in [9.17, 15) is 17.6 Å². The Hall–Kier alpha value is -1.26. The highest BCUT2D eigenvalue weighted by molar-refractivity contribution is 5.40. The van der Waals surface area contributed by atoms with Crippen molar-refractivity contribution in [2.24, 2.45) is 29.6 Å². The third kappa shape index (κ3) is 5.22. The minimum atomic E-state index is -3.23. The van der Waals surface area contributed by atoms with Crippen molar-refractivity contribution < 1.29 is 22.3 Å². The van der Waals surface area contributed by atoms with Crippen molar-refractivity contribution in [2.45, 2.75) is 97.0 Å². The van der Waals surface area contributed by atoms with E-state index >= 15 is 0 Å². The SMILES string of the molecule is CCCC1CCC(C2CCC(C3CCc4c(cc(F)c(OC(F)F)c4F)C3)CC2)CC1. The van der Waals surface area contributed by atoms with Crippen LogP contribution in [0, 0.1) is 41.2 Å². The van der Waals surface area contributed by atoms with Crippen molar-refractivity contribution in [1.29, 1.82) is 0 Å². The minimum absolute atomic E-state index is 0.367. The summed E-state index contributed by atoms with van der Waals surface area (Å²) in [7, 11) is 0. The van der Waals surface area contributed by atoms with Crippen molar-refractivity contribution in [3.63, 3.8) is 0 Å². The molecule has 4 rings (SSSR count). The van der Waals surface area contributed by atoms with Gasteiger partial charge >= 0.3 is 6.61 Å². The van der Waals surface area contributed by atoms with Gasteiger partial charge in [0.1, 0.15) is 0 Å². The maximum Gasteiger partial charge on any atom is 0.387 e. The van der Waals surface area contributed by atoms with Gasteiger partial charge in [0, 0.05) is 0 Å². The maximum absolute atomic E-state index is 14.6. The highest BCUT2D eigenvalue weighted by atomic mass is 19.3. The number of halogens is 4. The Morgan fingerprint density at radius 1 is 0.871 bits per heavy atom. The largest absolute Gasteiger partial charge is 0.429 e. The summed E-state index contributed by atoms with van der Waals surface area (Å²) in [5.41, 5.74) is 1.01. The van der Waals surface area contributed by atoms with E-state index in [0.29, 0.717) is 35.8 Å². The van der Waals surface area contributed by atoms with Crippen molar-refractivity contribution in [1.82, 2.24) is 0 Å². The Balaban J connectivity index is 1.32. The smallest absolute Gasteiger partial charge is 0.387 e. The predicted octanol–water partition coefficient (Wildman–Crippen LogP) is 8.08. The van der Waals surface area contributed by atoms with Crippen LogP contribution in [0.3, 0.4) is 0 Å². The van der Waals surface area contributed by atoms with E-state index in [4.69, 9.17) is 0 Å². The zero-order valence-corrected chi connectivity index (χ0v) is 18.7. The number of hydrogen-bond acceptors (Lipinski definition) is 1. The third-order valence-electron chi connectivity index (χ3n) is 8.56. The van der Waals surface area contributed by atoms with Crippen LogP contribution in [0.25, 0.3) is 0 Å². The molecule has 3 aliphatic rings. The number of rotatable bonds is 6. The summed E-state index contributed by atoms with van der Waals surface area (Å²) in [5, 5.41) is 0. The van der Waals surface area contributed by atoms with E-state index in [2.05, 4.69) is 11.7 Å². The van der Waals surface area contributed by atoms with Crippen LogP contribution in [0.1, 0.15) is 88.7 Å². The van der Waals surface area contributed by atoms with E-state index in [1.165, 1.54) is 70.3 Å². The number of benzene rings is 1. The highest BCUT2D eigenvalue weighted by Gasteiger charge is 2.35. The maximum atomic E-state index is 14.6. The summed E-state index contributed by atoms with van der Waals surface area (Å²) >= 11 is 0. The lowest BCUT2D eigenvalue weighted by atomic mass is 9.65. The zero-order valence-electron chi connectivity index (χ0n) is 18.7. The molecule has 0 aliphatic heterocycles. The summed E-state index contributed by atoms with van der Waals surface area (Å²) in [6.45, 7) is -0.939. The molecule has 31 heavy (non-hydrogen) atoms. The van der Waals surface area contributed by atoms with Crippen LogP contribution in [-0.2, 0) is 12.8 Å². The second kappa shape index (κ2) is 10.1. The van der Waals surface area contributed by atoms with Gasteiger partial charge in [-0.05, 0) is 105 Å². The fourth-order valence-corrected chi connectivity index (χ4v) is 6.90. The molecule has 0 bridgehead atoms. The van der Waals surface area contributed by atoms with Crippen molar-refractivity contribution in [2.75, 3.05) is 0 Å². The zero-order chi connectivity index (χ0) is 22.0. The second-order valence-corrected chi connectivity index (χ2v) is 10.3. The Bertz CT molecular complexity index is 733. The van der Waals surface area contributed by atoms with Crippen LogP contribution in [-0.4, -0.2) is 6.61 Å². The molecule has 0 spiro atoms. The molecule has 1 atom stereocenters. The van der Waals surface area contributed by atoms with E-state index in [1.54, 1.807) is 0 Å². The molecule has 0 aromatic heterocycles. The quantitative estimate of drug-likeness (QED) is 0.406. The van der Waals surface area contributed by atoms with Gasteiger partial charge in [-0.3, -0.25) is 0 Å². The third-order valence-corrected chi connectivity index (χ3v) is 8.56. The number of ether oxygens (including phenoxy) is 1. The highest BCUT2D eigenvalue weighted by Crippen LogP contribution is 2.46. The Labute approximate surface area is 183 Å². The number of hydrogen-bond donors (Lipinski definition) is 0. The van der Waals surface area contributed by atoms with Gasteiger partial charge in [-0.2, -0.15) is 8.78 Å². The molecule has 1 aromatic carbocycles. The first-order chi connectivity index (χ1) is 15.0. The van der Waals surface area contributed by atoms with Crippen LogP contribution < -0.4 is 4.74 Å². The molecule has 1 nitrogen and oxygen atoms in total. The topological polar surface area (TPSA) is 9.23 Å². The van der Waals surface area contributed by atoms with Crippen molar-refractivity contribution in [3.8, 4) is 5.75 Å². The van der Waals surface area contributed by atoms with Gasteiger partial charge in [-0.15, -0.1) is 0 Å². The molecular weight excluding hydrogens is 404 g/mol. The summed E-state index contributed by atoms with van der Waals surface area (Å²) in [6, 6.07) is 1.22. The van der Waals surface area contributed by atoms with Crippen molar-refractivity contribution in [3.05, 3.63) is 28.8 Å². The van der Waals surface area contributed by atoms with Gasteiger partial charge in [-0.1, -0.05) is 32.6 Å². The van der Waals surface area contributed by atoms with E-state index < -0.39 is 24.0 Å². The van der Waals surface area contributed by atoms with Crippen LogP contribution in [0.5, 0.6) is 5.75 Å². The van der Waals surface area contributed by atoms with Crippen molar-refractivity contribution >= 4 is 0 Å². The molecule has 0 radical (unpaired) electrons. The molecule has 174 valence electrons. The summed E-state index contributed by atoms with van der Waals surface area (Å²) in [4.78, 5) is 0. The number of fused-ring (bicyclic) bond motifs is 1. The van der Waals surface area contributed by atoms with Crippen LogP contribution in [0.2, 0.25) is 0 Å². The fourth-order valence-electron chi connectivity index (χ4n) is 6.90. The van der Waals surface area contributed by atoms with Crippen LogP contribution in [0.4, 0.5) is 17.6 Å². The molecule has 3 aliphatic carbocycles. The van der Waals surface area contributed by atoms with Gasteiger partial charge in [0.2, 0.25) is 0 Å². The molecule has 1 unspecified atom stereocenters. The number of alkyl halides is 2. The standard InChI is InChI=1S/C26H36F4O/c1-2-3-16-4-6-17(7-5-16)18-8-10-19(11-9-18)20-12-13-22-21(14-20)15-23(27)25(24(22)28)31-26(29)30/h15-20,26H,2-14H2,1H3. The molecule has 2 saturated carbocycles. The molecule has 0 amide bonds. The molecule has 0 N–H and O–H groups in total. The van der Waals surface area contributed by atoms with E-state index in [1.807, 2.05) is 0 Å². The van der Waals surface area contributed by atoms with Gasteiger partial charge in [0.05, 0.1) is 0 Å². The fraction of sp³-hybridized carbons (Fsp3) is 0.769. The summed E-state index contributed by atoms with van der Waals surface area (Å²) < 4.78 is 57.8. The van der Waals surface area contributed by atoms with E-state index in [-0.39, 0.29) is 0 Å². The Morgan fingerprint density at radius 2 is 1.45 bits per heavy atom. The van der Waals surface area contributed by atoms with Gasteiger partial charge in [-0.25, -0.2) is 8.78 Å². The van der Waals surface area contributed by atoms with Gasteiger partial charge in [0.25, 0.3) is 0 Å². The normalized spacial score (nSPS) is 31.5. The van der Waals surface area contributed by atoms with E-state index in [0.717, 1.165) is 24.2 Å². The average molecular weight is 441 g/mol. The first kappa shape index (κ1) is 22.9. The lowest BCUT2D eigenvalue weighted by molar-refractivity contribution is -0.0548. The lowest BCUT2D eigenvalue weighted by Crippen LogP contribution is -2.30. The molecule has 0 heterocycles. The predicted molar refractivity (Wildman–Crippen MR) is 114 cm³/mol. The first-order valence-corrected chi connectivity index (χ1v) is 12.4.